The molecule has 0 aliphatic heterocycles. The van der Waals surface area contributed by atoms with Crippen molar-refractivity contribution in [2.45, 2.75) is 46.5 Å². The van der Waals surface area contributed by atoms with Gasteiger partial charge in [-0.15, -0.1) is 0 Å². The highest BCUT2D eigenvalue weighted by atomic mass is 31.2. The van der Waals surface area contributed by atoms with Gasteiger partial charge in [0, 0.05) is 19.3 Å². The van der Waals surface area contributed by atoms with Crippen molar-refractivity contribution in [1.29, 1.82) is 0 Å². The standard InChI is InChI=1S/C17H27O4P/c1-12-10-13(2)16(14(11-12)17(3,4)5)21-15(18)8-9-20-22(7)19-6/h10-11H,8-9H2,1-7H3. The van der Waals surface area contributed by atoms with Crippen molar-refractivity contribution >= 4 is 14.3 Å². The van der Waals surface area contributed by atoms with Crippen LogP contribution in [0.25, 0.3) is 0 Å². The molecule has 5 heteroatoms. The predicted molar refractivity (Wildman–Crippen MR) is 90.7 cm³/mol. The van der Waals surface area contributed by atoms with E-state index in [1.165, 1.54) is 5.56 Å². The minimum atomic E-state index is -0.911. The molecule has 0 fully saturated rings. The van der Waals surface area contributed by atoms with E-state index in [-0.39, 0.29) is 17.8 Å². The molecule has 1 aromatic rings. The van der Waals surface area contributed by atoms with Crippen LogP contribution in [-0.2, 0) is 19.3 Å². The first kappa shape index (κ1) is 19.1. The fourth-order valence-corrected chi connectivity index (χ4v) is 2.58. The minimum absolute atomic E-state index is 0.0866. The van der Waals surface area contributed by atoms with E-state index in [4.69, 9.17) is 13.8 Å². The number of rotatable bonds is 6. The van der Waals surface area contributed by atoms with Crippen LogP contribution < -0.4 is 4.74 Å². The molecule has 1 aromatic carbocycles. The van der Waals surface area contributed by atoms with Gasteiger partial charge in [0.2, 0.25) is 0 Å². The van der Waals surface area contributed by atoms with Gasteiger partial charge >= 0.3 is 5.97 Å². The average Bonchev–Trinajstić information content (AvgIpc) is 2.40. The zero-order valence-electron chi connectivity index (χ0n) is 14.6. The lowest BCUT2D eigenvalue weighted by atomic mass is 9.84. The van der Waals surface area contributed by atoms with Crippen molar-refractivity contribution in [3.05, 3.63) is 28.8 Å². The summed E-state index contributed by atoms with van der Waals surface area (Å²) >= 11 is 0. The van der Waals surface area contributed by atoms with E-state index in [0.717, 1.165) is 11.1 Å². The van der Waals surface area contributed by atoms with Gasteiger partial charge in [0.1, 0.15) is 5.75 Å². The Morgan fingerprint density at radius 2 is 1.86 bits per heavy atom. The number of benzene rings is 1. The summed E-state index contributed by atoms with van der Waals surface area (Å²) in [5, 5.41) is 0. The zero-order valence-corrected chi connectivity index (χ0v) is 15.5. The van der Waals surface area contributed by atoms with Gasteiger partial charge in [-0.2, -0.15) is 0 Å². The molecule has 22 heavy (non-hydrogen) atoms. The monoisotopic (exact) mass is 326 g/mol. The Morgan fingerprint density at radius 3 is 2.41 bits per heavy atom. The summed E-state index contributed by atoms with van der Waals surface area (Å²) in [6.07, 6.45) is 0.215. The molecule has 0 aromatic heterocycles. The van der Waals surface area contributed by atoms with E-state index in [1.54, 1.807) is 7.11 Å². The normalized spacial score (nSPS) is 13.0. The van der Waals surface area contributed by atoms with E-state index in [0.29, 0.717) is 12.4 Å². The molecule has 0 heterocycles. The fraction of sp³-hybridized carbons (Fsp3) is 0.588. The fourth-order valence-electron chi connectivity index (χ4n) is 2.12. The number of aryl methyl sites for hydroxylation is 2. The first-order valence-electron chi connectivity index (χ1n) is 7.38. The Hall–Kier alpha value is -0.960. The van der Waals surface area contributed by atoms with Crippen LogP contribution in [0.2, 0.25) is 0 Å². The van der Waals surface area contributed by atoms with Crippen LogP contribution in [0.15, 0.2) is 12.1 Å². The second-order valence-electron chi connectivity index (χ2n) is 6.39. The van der Waals surface area contributed by atoms with Crippen LogP contribution in [0.4, 0.5) is 0 Å². The van der Waals surface area contributed by atoms with Crippen molar-refractivity contribution in [1.82, 2.24) is 0 Å². The zero-order chi connectivity index (χ0) is 16.9. The number of esters is 1. The van der Waals surface area contributed by atoms with E-state index in [1.807, 2.05) is 19.7 Å². The highest BCUT2D eigenvalue weighted by Gasteiger charge is 2.22. The summed E-state index contributed by atoms with van der Waals surface area (Å²) in [6, 6.07) is 4.12. The van der Waals surface area contributed by atoms with Crippen molar-refractivity contribution in [2.24, 2.45) is 0 Å². The number of carbonyl (C=O) groups is 1. The number of hydrogen-bond donors (Lipinski definition) is 0. The highest BCUT2D eigenvalue weighted by Crippen LogP contribution is 2.35. The first-order valence-corrected chi connectivity index (χ1v) is 9.00. The lowest BCUT2D eigenvalue weighted by molar-refractivity contribution is -0.135. The maximum absolute atomic E-state index is 12.1. The van der Waals surface area contributed by atoms with Gasteiger partial charge < -0.3 is 13.8 Å². The van der Waals surface area contributed by atoms with Gasteiger partial charge in [-0.3, -0.25) is 4.79 Å². The van der Waals surface area contributed by atoms with Gasteiger partial charge in [-0.05, 0) is 24.8 Å². The molecule has 0 N–H and O–H groups in total. The van der Waals surface area contributed by atoms with Crippen LogP contribution in [0.5, 0.6) is 5.75 Å². The second kappa shape index (κ2) is 8.05. The van der Waals surface area contributed by atoms with Gasteiger partial charge in [0.15, 0.2) is 8.38 Å². The summed E-state index contributed by atoms with van der Waals surface area (Å²) in [6.45, 7) is 12.5. The van der Waals surface area contributed by atoms with Gasteiger partial charge in [0.05, 0.1) is 13.0 Å². The molecule has 124 valence electrons. The van der Waals surface area contributed by atoms with Crippen LogP contribution in [0.1, 0.15) is 43.9 Å². The Labute approximate surface area is 135 Å². The third kappa shape index (κ3) is 5.68. The molecular formula is C17H27O4P. The number of carbonyl (C=O) groups excluding carboxylic acids is 1. The maximum Gasteiger partial charge on any atom is 0.313 e. The van der Waals surface area contributed by atoms with Crippen LogP contribution in [0.3, 0.4) is 0 Å². The molecule has 0 aliphatic carbocycles. The predicted octanol–water partition coefficient (Wildman–Crippen LogP) is 4.50. The molecule has 0 radical (unpaired) electrons. The molecule has 0 saturated carbocycles. The minimum Gasteiger partial charge on any atom is -0.426 e. The molecule has 0 saturated heterocycles. The van der Waals surface area contributed by atoms with Crippen molar-refractivity contribution < 1.29 is 18.6 Å². The molecule has 0 spiro atoms. The smallest absolute Gasteiger partial charge is 0.313 e. The largest absolute Gasteiger partial charge is 0.426 e. The van der Waals surface area contributed by atoms with Crippen LogP contribution in [0, 0.1) is 13.8 Å². The lowest BCUT2D eigenvalue weighted by Crippen LogP contribution is -2.18. The Morgan fingerprint density at radius 1 is 1.23 bits per heavy atom. The highest BCUT2D eigenvalue weighted by molar-refractivity contribution is 7.46. The molecular weight excluding hydrogens is 299 g/mol. The summed E-state index contributed by atoms with van der Waals surface area (Å²) in [4.78, 5) is 12.1. The summed E-state index contributed by atoms with van der Waals surface area (Å²) in [5.41, 5.74) is 3.11. The molecule has 0 amide bonds. The Balaban J connectivity index is 2.82. The molecule has 1 atom stereocenters. The van der Waals surface area contributed by atoms with E-state index < -0.39 is 8.38 Å². The summed E-state index contributed by atoms with van der Waals surface area (Å²) < 4.78 is 16.0. The van der Waals surface area contributed by atoms with Gasteiger partial charge in [0.25, 0.3) is 0 Å². The van der Waals surface area contributed by atoms with E-state index in [2.05, 4.69) is 33.8 Å². The summed E-state index contributed by atoms with van der Waals surface area (Å²) in [5.74, 6) is 0.394. The molecule has 1 unspecified atom stereocenters. The SMILES string of the molecule is COP(C)OCCC(=O)Oc1c(C)cc(C)cc1C(C)(C)C. The number of hydrogen-bond acceptors (Lipinski definition) is 4. The van der Waals surface area contributed by atoms with Gasteiger partial charge in [-0.25, -0.2) is 0 Å². The maximum atomic E-state index is 12.1. The second-order valence-corrected chi connectivity index (χ2v) is 7.89. The quantitative estimate of drug-likeness (QED) is 0.438. The lowest BCUT2D eigenvalue weighted by Gasteiger charge is -2.24. The summed E-state index contributed by atoms with van der Waals surface area (Å²) in [7, 11) is 0.681. The van der Waals surface area contributed by atoms with Crippen LogP contribution >= 0.6 is 8.38 Å². The van der Waals surface area contributed by atoms with E-state index >= 15 is 0 Å². The molecule has 0 bridgehead atoms. The molecule has 0 aliphatic rings. The first-order chi connectivity index (χ1) is 10.1. The van der Waals surface area contributed by atoms with Crippen LogP contribution in [-0.4, -0.2) is 26.4 Å². The Bertz CT molecular complexity index is 520. The van der Waals surface area contributed by atoms with E-state index in [9.17, 15) is 4.79 Å². The topological polar surface area (TPSA) is 44.8 Å². The third-order valence-corrected chi connectivity index (χ3v) is 4.34. The van der Waals surface area contributed by atoms with Crippen molar-refractivity contribution in [3.63, 3.8) is 0 Å². The third-order valence-electron chi connectivity index (χ3n) is 3.28. The van der Waals surface area contributed by atoms with Gasteiger partial charge in [-0.1, -0.05) is 38.5 Å². The Kier molecular flexibility index (Phi) is 6.98. The number of ether oxygens (including phenoxy) is 1. The van der Waals surface area contributed by atoms with Crippen molar-refractivity contribution in [2.75, 3.05) is 20.4 Å². The average molecular weight is 326 g/mol. The molecule has 4 nitrogen and oxygen atoms in total. The van der Waals surface area contributed by atoms with Crippen molar-refractivity contribution in [3.8, 4) is 5.75 Å². The molecule has 1 rings (SSSR count).